The summed E-state index contributed by atoms with van der Waals surface area (Å²) in [5.74, 6) is -1.21. The molecule has 3 heterocycles. The van der Waals surface area contributed by atoms with Crippen LogP contribution in [-0.2, 0) is 14.8 Å². The quantitative estimate of drug-likeness (QED) is 0.446. The van der Waals surface area contributed by atoms with Gasteiger partial charge in [0.15, 0.2) is 11.5 Å². The van der Waals surface area contributed by atoms with Crippen molar-refractivity contribution in [3.05, 3.63) is 71.4 Å². The molecule has 3 aromatic rings. The zero-order chi connectivity index (χ0) is 27.6. The fourth-order valence-corrected chi connectivity index (χ4v) is 6.85. The number of nitrogens with zero attached hydrogens (tertiary/aromatic N) is 3. The van der Waals surface area contributed by atoms with Gasteiger partial charge in [0.25, 0.3) is 5.91 Å². The summed E-state index contributed by atoms with van der Waals surface area (Å²) in [5.41, 5.74) is 0.625. The van der Waals surface area contributed by atoms with Gasteiger partial charge in [0.1, 0.15) is 0 Å². The second-order valence-corrected chi connectivity index (χ2v) is 12.2. The van der Waals surface area contributed by atoms with E-state index in [9.17, 15) is 18.0 Å². The zero-order valence-corrected chi connectivity index (χ0v) is 23.0. The van der Waals surface area contributed by atoms with E-state index in [0.717, 1.165) is 19.4 Å². The lowest BCUT2D eigenvalue weighted by molar-refractivity contribution is -0.126. The number of piperidine rings is 1. The van der Waals surface area contributed by atoms with E-state index in [1.54, 1.807) is 49.5 Å². The summed E-state index contributed by atoms with van der Waals surface area (Å²) in [5, 5.41) is 10.7. The lowest BCUT2D eigenvalue weighted by Crippen LogP contribution is -2.52. The number of amides is 2. The molecule has 0 radical (unpaired) electrons. The first-order chi connectivity index (χ1) is 18.8. The van der Waals surface area contributed by atoms with Crippen LogP contribution in [0.5, 0.6) is 0 Å². The number of hydrogen-bond acceptors (Lipinski definition) is 7. The van der Waals surface area contributed by atoms with Crippen molar-refractivity contribution in [1.82, 2.24) is 25.0 Å². The van der Waals surface area contributed by atoms with Crippen molar-refractivity contribution in [1.29, 1.82) is 0 Å². The Morgan fingerprint density at radius 2 is 1.87 bits per heavy atom. The number of halogens is 1. The van der Waals surface area contributed by atoms with Gasteiger partial charge >= 0.3 is 0 Å². The standard InChI is InChI=1S/C27H30ClN5O5S/c1-32(27(35)23-14-25(38-31-23)20-11-5-6-12-22(20)28)24-17-33(39(36,37)19-9-3-2-4-10-19)16-21(24)26(34)30-18-8-7-13-29-15-18/h2-6,9-12,14,18,21,24,29H,7-8,13,15-17H2,1H3,(H,30,34)/t18-,21-,24-/m0/s1. The van der Waals surface area contributed by atoms with E-state index in [-0.39, 0.29) is 35.6 Å². The van der Waals surface area contributed by atoms with E-state index in [1.165, 1.54) is 27.4 Å². The van der Waals surface area contributed by atoms with Crippen molar-refractivity contribution in [3.8, 4) is 11.3 Å². The van der Waals surface area contributed by atoms with Crippen LogP contribution >= 0.6 is 11.6 Å². The van der Waals surface area contributed by atoms with Crippen LogP contribution in [0.4, 0.5) is 0 Å². The second kappa shape index (κ2) is 11.5. The third-order valence-corrected chi connectivity index (χ3v) is 9.48. The van der Waals surface area contributed by atoms with Crippen molar-refractivity contribution in [2.75, 3.05) is 33.2 Å². The number of sulfonamides is 1. The Bertz CT molecular complexity index is 1440. The Balaban J connectivity index is 1.40. The van der Waals surface area contributed by atoms with Crippen molar-refractivity contribution in [2.45, 2.75) is 29.8 Å². The molecule has 12 heteroatoms. The van der Waals surface area contributed by atoms with Gasteiger partial charge in [-0.25, -0.2) is 8.42 Å². The molecule has 2 saturated heterocycles. The maximum absolute atomic E-state index is 13.5. The third-order valence-electron chi connectivity index (χ3n) is 7.30. The normalized spacial score (nSPS) is 21.9. The van der Waals surface area contributed by atoms with E-state index in [0.29, 0.717) is 22.9 Å². The van der Waals surface area contributed by atoms with Gasteiger partial charge in [0.05, 0.1) is 21.9 Å². The molecular weight excluding hydrogens is 542 g/mol. The maximum atomic E-state index is 13.5. The SMILES string of the molecule is CN(C(=O)c1cc(-c2ccccc2Cl)on1)[C@H]1CN(S(=O)(=O)c2ccccc2)C[C@@H]1C(=O)N[C@H]1CCCNC1. The highest BCUT2D eigenvalue weighted by atomic mass is 35.5. The van der Waals surface area contributed by atoms with Gasteiger partial charge in [-0.05, 0) is 43.7 Å². The number of benzene rings is 2. The minimum Gasteiger partial charge on any atom is -0.355 e. The molecule has 2 amide bonds. The van der Waals surface area contributed by atoms with Crippen molar-refractivity contribution < 1.29 is 22.5 Å². The number of likely N-dealkylation sites (N-methyl/N-ethyl adjacent to an activating group) is 1. The first-order valence-corrected chi connectivity index (χ1v) is 14.6. The molecule has 0 spiro atoms. The van der Waals surface area contributed by atoms with E-state index in [2.05, 4.69) is 15.8 Å². The van der Waals surface area contributed by atoms with Crippen LogP contribution in [0.2, 0.25) is 5.02 Å². The lowest BCUT2D eigenvalue weighted by Gasteiger charge is -2.30. The Morgan fingerprint density at radius 3 is 2.59 bits per heavy atom. The fourth-order valence-electron chi connectivity index (χ4n) is 5.12. The molecule has 2 aliphatic heterocycles. The van der Waals surface area contributed by atoms with Crippen molar-refractivity contribution >= 4 is 33.4 Å². The highest BCUT2D eigenvalue weighted by molar-refractivity contribution is 7.89. The Kier molecular flexibility index (Phi) is 8.03. The molecule has 206 valence electrons. The number of rotatable bonds is 7. The summed E-state index contributed by atoms with van der Waals surface area (Å²) in [6, 6.07) is 15.8. The van der Waals surface area contributed by atoms with Crippen molar-refractivity contribution in [3.63, 3.8) is 0 Å². The molecule has 2 N–H and O–H groups in total. The van der Waals surface area contributed by atoms with Gasteiger partial charge in [-0.2, -0.15) is 4.31 Å². The number of hydrogen-bond donors (Lipinski definition) is 2. The maximum Gasteiger partial charge on any atom is 0.276 e. The topological polar surface area (TPSA) is 125 Å². The Morgan fingerprint density at radius 1 is 1.13 bits per heavy atom. The number of carbonyl (C=O) groups excluding carboxylic acids is 2. The highest BCUT2D eigenvalue weighted by Gasteiger charge is 2.46. The summed E-state index contributed by atoms with van der Waals surface area (Å²) < 4.78 is 33.5. The molecule has 0 saturated carbocycles. The first-order valence-electron chi connectivity index (χ1n) is 12.8. The minimum absolute atomic E-state index is 0.0321. The molecule has 5 rings (SSSR count). The molecule has 10 nitrogen and oxygen atoms in total. The van der Waals surface area contributed by atoms with Gasteiger partial charge in [-0.1, -0.05) is 47.1 Å². The largest absolute Gasteiger partial charge is 0.355 e. The Labute approximate surface area is 232 Å². The minimum atomic E-state index is -3.88. The predicted molar refractivity (Wildman–Crippen MR) is 146 cm³/mol. The average molecular weight is 572 g/mol. The molecule has 0 bridgehead atoms. The Hall–Kier alpha value is -3.25. The lowest BCUT2D eigenvalue weighted by atomic mass is 9.99. The first kappa shape index (κ1) is 27.3. The molecule has 2 aromatic carbocycles. The summed E-state index contributed by atoms with van der Waals surface area (Å²) in [6.07, 6.45) is 1.77. The number of aromatic nitrogens is 1. The van der Waals surface area contributed by atoms with Crippen LogP contribution in [0.1, 0.15) is 23.3 Å². The van der Waals surface area contributed by atoms with E-state index in [4.69, 9.17) is 16.1 Å². The second-order valence-electron chi connectivity index (χ2n) is 9.83. The summed E-state index contributed by atoms with van der Waals surface area (Å²) in [4.78, 5) is 28.5. The number of carbonyl (C=O) groups is 2. The zero-order valence-electron chi connectivity index (χ0n) is 21.4. The van der Waals surface area contributed by atoms with Crippen LogP contribution in [0.25, 0.3) is 11.3 Å². The van der Waals surface area contributed by atoms with Crippen LogP contribution < -0.4 is 10.6 Å². The summed E-state index contributed by atoms with van der Waals surface area (Å²) in [7, 11) is -2.32. The van der Waals surface area contributed by atoms with Crippen molar-refractivity contribution in [2.24, 2.45) is 5.92 Å². The monoisotopic (exact) mass is 571 g/mol. The number of nitrogens with one attached hydrogen (secondary N) is 2. The van der Waals surface area contributed by atoms with E-state index in [1.807, 2.05) is 0 Å². The molecule has 39 heavy (non-hydrogen) atoms. The fraction of sp³-hybridized carbons (Fsp3) is 0.370. The highest BCUT2D eigenvalue weighted by Crippen LogP contribution is 2.31. The molecular formula is C27H30ClN5O5S. The smallest absolute Gasteiger partial charge is 0.276 e. The average Bonchev–Trinajstić information content (AvgIpc) is 3.62. The molecule has 0 unspecified atom stereocenters. The van der Waals surface area contributed by atoms with Gasteiger partial charge < -0.3 is 20.1 Å². The van der Waals surface area contributed by atoms with Gasteiger partial charge in [-0.15, -0.1) is 0 Å². The molecule has 3 atom stereocenters. The van der Waals surface area contributed by atoms with Gasteiger partial charge in [0, 0.05) is 44.4 Å². The summed E-state index contributed by atoms with van der Waals surface area (Å²) in [6.45, 7) is 1.46. The molecule has 2 fully saturated rings. The van der Waals surface area contributed by atoms with Gasteiger partial charge in [-0.3, -0.25) is 9.59 Å². The van der Waals surface area contributed by atoms with Crippen LogP contribution in [0, 0.1) is 5.92 Å². The van der Waals surface area contributed by atoms with Crippen LogP contribution in [0.3, 0.4) is 0 Å². The van der Waals surface area contributed by atoms with Crippen LogP contribution in [0.15, 0.2) is 70.1 Å². The predicted octanol–water partition coefficient (Wildman–Crippen LogP) is 2.62. The van der Waals surface area contributed by atoms with E-state index >= 15 is 0 Å². The molecule has 2 aliphatic rings. The van der Waals surface area contributed by atoms with Gasteiger partial charge in [0.2, 0.25) is 15.9 Å². The third kappa shape index (κ3) is 5.72. The molecule has 0 aliphatic carbocycles. The van der Waals surface area contributed by atoms with E-state index < -0.39 is 27.9 Å². The molecule has 1 aromatic heterocycles. The summed E-state index contributed by atoms with van der Waals surface area (Å²) >= 11 is 6.26. The van der Waals surface area contributed by atoms with Crippen LogP contribution in [-0.4, -0.2) is 79.9 Å².